The van der Waals surface area contributed by atoms with Crippen molar-refractivity contribution >= 4 is 27.5 Å². The molecule has 0 aromatic heterocycles. The fourth-order valence-electron chi connectivity index (χ4n) is 3.39. The number of methoxy groups -OCH3 is 1. The number of amides is 1. The Morgan fingerprint density at radius 3 is 2.03 bits per heavy atom. The molecule has 0 N–H and O–H groups in total. The van der Waals surface area contributed by atoms with Crippen molar-refractivity contribution in [1.82, 2.24) is 0 Å². The average Bonchev–Trinajstić information content (AvgIpc) is 2.95. The quantitative estimate of drug-likeness (QED) is 0.611. The van der Waals surface area contributed by atoms with Gasteiger partial charge in [0.25, 0.3) is 5.91 Å². The van der Waals surface area contributed by atoms with Crippen molar-refractivity contribution in [3.05, 3.63) is 101 Å². The number of nitrogens with zero attached hydrogens (tertiary/aromatic N) is 1. The van der Waals surface area contributed by atoms with Crippen LogP contribution >= 0.6 is 0 Å². The molecule has 4 rings (SSSR count). The highest BCUT2D eigenvalue weighted by atomic mass is 32.2. The van der Waals surface area contributed by atoms with Crippen LogP contribution in [0.5, 0.6) is 5.75 Å². The second kappa shape index (κ2) is 7.56. The molecule has 1 heterocycles. The van der Waals surface area contributed by atoms with Gasteiger partial charge in [0.1, 0.15) is 10.7 Å². The van der Waals surface area contributed by atoms with Crippen molar-refractivity contribution < 1.29 is 17.9 Å². The topological polar surface area (TPSA) is 63.7 Å². The van der Waals surface area contributed by atoms with Gasteiger partial charge in [-0.15, -0.1) is 0 Å². The molecule has 1 atom stereocenters. The van der Waals surface area contributed by atoms with E-state index in [0.717, 1.165) is 0 Å². The maximum absolute atomic E-state index is 13.5. The van der Waals surface area contributed by atoms with Crippen LogP contribution in [0.4, 0.5) is 5.69 Å². The van der Waals surface area contributed by atoms with Gasteiger partial charge < -0.3 is 4.74 Å². The highest BCUT2D eigenvalue weighted by molar-refractivity contribution is 7.97. The van der Waals surface area contributed by atoms with E-state index < -0.39 is 21.1 Å². The first-order valence-electron chi connectivity index (χ1n) is 9.05. The highest BCUT2D eigenvalue weighted by Crippen LogP contribution is 2.43. The number of hydrogen-bond donors (Lipinski definition) is 0. The summed E-state index contributed by atoms with van der Waals surface area (Å²) in [5.41, 5.74) is 1.69. The summed E-state index contributed by atoms with van der Waals surface area (Å²) in [5, 5.41) is -1.11. The number of carbonyl (C=O) groups is 1. The molecule has 1 aliphatic rings. The van der Waals surface area contributed by atoms with Crippen molar-refractivity contribution in [2.75, 3.05) is 12.0 Å². The Morgan fingerprint density at radius 2 is 1.45 bits per heavy atom. The van der Waals surface area contributed by atoms with Crippen molar-refractivity contribution in [3.63, 3.8) is 0 Å². The van der Waals surface area contributed by atoms with Crippen molar-refractivity contribution in [2.24, 2.45) is 0 Å². The normalized spacial score (nSPS) is 19.5. The summed E-state index contributed by atoms with van der Waals surface area (Å²) in [5.74, 6) is 0.113. The summed E-state index contributed by atoms with van der Waals surface area (Å²) in [7, 11) is -2.38. The average molecular weight is 405 g/mol. The molecule has 29 heavy (non-hydrogen) atoms. The predicted molar refractivity (Wildman–Crippen MR) is 113 cm³/mol. The fraction of sp³-hybridized carbons (Fsp3) is 0.0870. The van der Waals surface area contributed by atoms with Crippen LogP contribution in [0.3, 0.4) is 0 Å². The number of ether oxygens (including phenoxy) is 1. The van der Waals surface area contributed by atoms with Crippen LogP contribution in [-0.4, -0.2) is 21.4 Å². The molecule has 3 aromatic rings. The number of anilines is 1. The van der Waals surface area contributed by atoms with E-state index in [0.29, 0.717) is 22.6 Å². The smallest absolute Gasteiger partial charge is 0.271 e. The zero-order chi connectivity index (χ0) is 20.4. The molecule has 0 unspecified atom stereocenters. The van der Waals surface area contributed by atoms with Gasteiger partial charge in [0.2, 0.25) is 9.84 Å². The van der Waals surface area contributed by atoms with Gasteiger partial charge in [0, 0.05) is 5.69 Å². The molecular formula is C23H19NO4S. The fourth-order valence-corrected chi connectivity index (χ4v) is 5.28. The predicted octanol–water partition coefficient (Wildman–Crippen LogP) is 4.20. The van der Waals surface area contributed by atoms with E-state index in [1.165, 1.54) is 11.0 Å². The number of benzene rings is 3. The van der Waals surface area contributed by atoms with Crippen LogP contribution in [0, 0.1) is 0 Å². The standard InChI is InChI=1S/C23H19NO4S/c1-28-20-14-12-17(13-15-20)16-21-22(25)24(19-10-6-3-7-11-19)23(29(21,26)27)18-8-4-2-5-9-18/h2-16,23H,1H3/b21-16+/t23-/m0/s1. The Bertz CT molecular complexity index is 1150. The lowest BCUT2D eigenvalue weighted by Crippen LogP contribution is -2.28. The van der Waals surface area contributed by atoms with Gasteiger partial charge >= 0.3 is 0 Å². The van der Waals surface area contributed by atoms with Gasteiger partial charge in [0.05, 0.1) is 7.11 Å². The number of carbonyl (C=O) groups excluding carboxylic acids is 1. The summed E-state index contributed by atoms with van der Waals surface area (Å²) in [4.78, 5) is 14.4. The molecule has 1 amide bonds. The Morgan fingerprint density at radius 1 is 0.862 bits per heavy atom. The van der Waals surface area contributed by atoms with E-state index in [1.54, 1.807) is 79.9 Å². The first-order valence-corrected chi connectivity index (χ1v) is 10.6. The number of sulfone groups is 1. The summed E-state index contributed by atoms with van der Waals surface area (Å²) in [6, 6.07) is 24.5. The molecule has 1 aliphatic heterocycles. The van der Waals surface area contributed by atoms with E-state index in [1.807, 2.05) is 12.1 Å². The molecule has 146 valence electrons. The molecule has 0 bridgehead atoms. The lowest BCUT2D eigenvalue weighted by Gasteiger charge is -2.23. The first kappa shape index (κ1) is 19.0. The van der Waals surface area contributed by atoms with Gasteiger partial charge in [-0.2, -0.15) is 0 Å². The third-order valence-corrected chi connectivity index (χ3v) is 6.77. The molecule has 1 saturated heterocycles. The van der Waals surface area contributed by atoms with E-state index in [4.69, 9.17) is 4.74 Å². The Hall–Kier alpha value is -3.38. The van der Waals surface area contributed by atoms with Gasteiger partial charge in [0.15, 0.2) is 5.37 Å². The van der Waals surface area contributed by atoms with Crippen LogP contribution in [0.2, 0.25) is 0 Å². The largest absolute Gasteiger partial charge is 0.497 e. The molecule has 0 spiro atoms. The Labute approximate surface area is 169 Å². The Kier molecular flexibility index (Phi) is 4.94. The lowest BCUT2D eigenvalue weighted by atomic mass is 10.1. The van der Waals surface area contributed by atoms with E-state index in [-0.39, 0.29) is 4.91 Å². The molecule has 5 nitrogen and oxygen atoms in total. The molecule has 1 fully saturated rings. The molecule has 6 heteroatoms. The molecule has 0 saturated carbocycles. The Balaban J connectivity index is 1.87. The second-order valence-electron chi connectivity index (χ2n) is 6.60. The van der Waals surface area contributed by atoms with Crippen molar-refractivity contribution in [2.45, 2.75) is 5.37 Å². The second-order valence-corrected chi connectivity index (χ2v) is 8.58. The molecule has 0 radical (unpaired) electrons. The maximum Gasteiger partial charge on any atom is 0.271 e. The highest BCUT2D eigenvalue weighted by Gasteiger charge is 2.50. The van der Waals surface area contributed by atoms with Gasteiger partial charge in [-0.25, -0.2) is 8.42 Å². The number of hydrogen-bond acceptors (Lipinski definition) is 4. The van der Waals surface area contributed by atoms with Crippen molar-refractivity contribution in [1.29, 1.82) is 0 Å². The van der Waals surface area contributed by atoms with Crippen LogP contribution in [0.1, 0.15) is 16.5 Å². The van der Waals surface area contributed by atoms with Crippen LogP contribution in [0.15, 0.2) is 89.8 Å². The monoisotopic (exact) mass is 405 g/mol. The summed E-state index contributed by atoms with van der Waals surface area (Å²) < 4.78 is 32.1. The minimum atomic E-state index is -3.94. The zero-order valence-electron chi connectivity index (χ0n) is 15.7. The van der Waals surface area contributed by atoms with Crippen LogP contribution in [-0.2, 0) is 14.6 Å². The van der Waals surface area contributed by atoms with Crippen molar-refractivity contribution in [3.8, 4) is 5.75 Å². The minimum Gasteiger partial charge on any atom is -0.497 e. The number of rotatable bonds is 4. The van der Waals surface area contributed by atoms with Gasteiger partial charge in [-0.3, -0.25) is 9.69 Å². The third-order valence-electron chi connectivity index (χ3n) is 4.80. The SMILES string of the molecule is COc1ccc(/C=C2\C(=O)N(c3ccccc3)[C@H](c3ccccc3)S2(=O)=O)cc1. The molecular weight excluding hydrogens is 386 g/mol. The molecule has 3 aromatic carbocycles. The van der Waals surface area contributed by atoms with E-state index >= 15 is 0 Å². The minimum absolute atomic E-state index is 0.222. The summed E-state index contributed by atoms with van der Waals surface area (Å²) >= 11 is 0. The van der Waals surface area contributed by atoms with Gasteiger partial charge in [-0.1, -0.05) is 60.7 Å². The maximum atomic E-state index is 13.5. The van der Waals surface area contributed by atoms with E-state index in [9.17, 15) is 13.2 Å². The van der Waals surface area contributed by atoms with Crippen LogP contribution < -0.4 is 9.64 Å². The summed E-state index contributed by atoms with van der Waals surface area (Å²) in [6.07, 6.45) is 1.43. The van der Waals surface area contributed by atoms with Gasteiger partial charge in [-0.05, 0) is 41.5 Å². The summed E-state index contributed by atoms with van der Waals surface area (Å²) in [6.45, 7) is 0. The third kappa shape index (κ3) is 3.43. The zero-order valence-corrected chi connectivity index (χ0v) is 16.5. The lowest BCUT2D eigenvalue weighted by molar-refractivity contribution is -0.114. The van der Waals surface area contributed by atoms with Crippen LogP contribution in [0.25, 0.3) is 6.08 Å². The first-order chi connectivity index (χ1) is 14.0. The number of para-hydroxylation sites is 1. The molecule has 0 aliphatic carbocycles. The van der Waals surface area contributed by atoms with E-state index in [2.05, 4.69) is 0 Å².